The van der Waals surface area contributed by atoms with Crippen molar-refractivity contribution in [2.24, 2.45) is 0 Å². The lowest BCUT2D eigenvalue weighted by Gasteiger charge is -1.99. The minimum Gasteiger partial charge on any atom is -0.478 e. The van der Waals surface area contributed by atoms with Crippen LogP contribution in [0.3, 0.4) is 0 Å². The number of aryl methyl sites for hydroxylation is 1. The zero-order chi connectivity index (χ0) is 14.7. The molecule has 0 amide bonds. The summed E-state index contributed by atoms with van der Waals surface area (Å²) in [6.07, 6.45) is 2.26. The summed E-state index contributed by atoms with van der Waals surface area (Å²) in [7, 11) is 0. The van der Waals surface area contributed by atoms with Crippen LogP contribution in [0.15, 0.2) is 30.5 Å². The zero-order valence-corrected chi connectivity index (χ0v) is 10.8. The molecule has 2 aromatic rings. The number of nitro benzene ring substituents is 1. The molecule has 0 fully saturated rings. The molecule has 0 spiro atoms. The number of benzene rings is 1. The van der Waals surface area contributed by atoms with Crippen molar-refractivity contribution in [1.29, 1.82) is 0 Å². The van der Waals surface area contributed by atoms with Gasteiger partial charge in [0.15, 0.2) is 0 Å². The van der Waals surface area contributed by atoms with Gasteiger partial charge < -0.3 is 5.11 Å². The van der Waals surface area contributed by atoms with Gasteiger partial charge in [-0.3, -0.25) is 14.8 Å². The Bertz CT molecular complexity index is 663. The third-order valence-corrected chi connectivity index (χ3v) is 2.78. The number of nitrogens with zero attached hydrogens (tertiary/aromatic N) is 3. The summed E-state index contributed by atoms with van der Waals surface area (Å²) in [5, 5.41) is 24.2. The van der Waals surface area contributed by atoms with Crippen LogP contribution in [0.1, 0.15) is 23.7 Å². The first-order valence-electron chi connectivity index (χ1n) is 6.08. The van der Waals surface area contributed by atoms with Gasteiger partial charge in [-0.15, -0.1) is 0 Å². The summed E-state index contributed by atoms with van der Waals surface area (Å²) in [5.41, 5.74) is 0.615. The second-order valence-corrected chi connectivity index (χ2v) is 4.27. The maximum atomic E-state index is 11.2. The van der Waals surface area contributed by atoms with Crippen LogP contribution in [0.25, 0.3) is 11.3 Å². The van der Waals surface area contributed by atoms with Crippen molar-refractivity contribution in [2.45, 2.75) is 19.9 Å². The first kappa shape index (κ1) is 13.7. The molecule has 1 N–H and O–H groups in total. The lowest BCUT2D eigenvalue weighted by atomic mass is 10.1. The monoisotopic (exact) mass is 275 g/mol. The van der Waals surface area contributed by atoms with Crippen LogP contribution in [0.4, 0.5) is 5.69 Å². The maximum absolute atomic E-state index is 11.2. The molecule has 1 aromatic carbocycles. The third kappa shape index (κ3) is 2.66. The highest BCUT2D eigenvalue weighted by Crippen LogP contribution is 2.25. The SMILES string of the molecule is CCCn1cc(C(=O)O)c(-c2cccc([N+](=O)[O-])c2)n1. The van der Waals surface area contributed by atoms with E-state index in [-0.39, 0.29) is 16.9 Å². The van der Waals surface area contributed by atoms with E-state index in [4.69, 9.17) is 0 Å². The molecule has 7 nitrogen and oxygen atoms in total. The van der Waals surface area contributed by atoms with Gasteiger partial charge in [0.05, 0.1) is 4.92 Å². The Morgan fingerprint density at radius 2 is 2.25 bits per heavy atom. The van der Waals surface area contributed by atoms with E-state index in [1.54, 1.807) is 6.07 Å². The van der Waals surface area contributed by atoms with Crippen LogP contribution in [-0.4, -0.2) is 25.8 Å². The van der Waals surface area contributed by atoms with Crippen molar-refractivity contribution in [3.05, 3.63) is 46.1 Å². The number of aromatic carboxylic acids is 1. The second-order valence-electron chi connectivity index (χ2n) is 4.27. The highest BCUT2D eigenvalue weighted by Gasteiger charge is 2.18. The maximum Gasteiger partial charge on any atom is 0.339 e. The molecule has 104 valence electrons. The lowest BCUT2D eigenvalue weighted by molar-refractivity contribution is -0.384. The third-order valence-electron chi connectivity index (χ3n) is 2.78. The van der Waals surface area contributed by atoms with Gasteiger partial charge in [-0.25, -0.2) is 4.79 Å². The van der Waals surface area contributed by atoms with Gasteiger partial charge in [0, 0.05) is 30.4 Å². The van der Waals surface area contributed by atoms with Crippen molar-refractivity contribution in [2.75, 3.05) is 0 Å². The van der Waals surface area contributed by atoms with E-state index in [1.165, 1.54) is 29.1 Å². The predicted molar refractivity (Wildman–Crippen MR) is 71.6 cm³/mol. The van der Waals surface area contributed by atoms with Crippen LogP contribution in [0, 0.1) is 10.1 Å². The van der Waals surface area contributed by atoms with Crippen LogP contribution in [0.2, 0.25) is 0 Å². The number of hydrogen-bond acceptors (Lipinski definition) is 4. The summed E-state index contributed by atoms with van der Waals surface area (Å²) in [6.45, 7) is 2.55. The van der Waals surface area contributed by atoms with Gasteiger partial charge in [0.1, 0.15) is 11.3 Å². The van der Waals surface area contributed by atoms with Crippen LogP contribution < -0.4 is 0 Å². The van der Waals surface area contributed by atoms with E-state index in [0.29, 0.717) is 12.1 Å². The number of carboxylic acid groups (broad SMARTS) is 1. The molecule has 0 atom stereocenters. The molecule has 0 saturated carbocycles. The van der Waals surface area contributed by atoms with Gasteiger partial charge in [0.2, 0.25) is 0 Å². The van der Waals surface area contributed by atoms with Crippen LogP contribution in [0.5, 0.6) is 0 Å². The molecule has 20 heavy (non-hydrogen) atoms. The Labute approximate surface area is 114 Å². The summed E-state index contributed by atoms with van der Waals surface area (Å²) in [5.74, 6) is -1.10. The number of carboxylic acids is 1. The Kier molecular flexibility index (Phi) is 3.79. The first-order chi connectivity index (χ1) is 9.52. The Morgan fingerprint density at radius 3 is 2.85 bits per heavy atom. The summed E-state index contributed by atoms with van der Waals surface area (Å²) >= 11 is 0. The zero-order valence-electron chi connectivity index (χ0n) is 10.8. The van der Waals surface area contributed by atoms with E-state index in [1.807, 2.05) is 6.92 Å². The first-order valence-corrected chi connectivity index (χ1v) is 6.08. The standard InChI is InChI=1S/C13H13N3O4/c1-2-6-15-8-11(13(17)18)12(14-15)9-4-3-5-10(7-9)16(19)20/h3-5,7-8H,2,6H2,1H3,(H,17,18). The number of non-ortho nitro benzene ring substituents is 1. The normalized spacial score (nSPS) is 10.4. The van der Waals surface area contributed by atoms with Gasteiger partial charge in [-0.05, 0) is 6.42 Å². The minimum absolute atomic E-state index is 0.0407. The molecule has 0 saturated heterocycles. The van der Waals surface area contributed by atoms with E-state index in [0.717, 1.165) is 6.42 Å². The lowest BCUT2D eigenvalue weighted by Crippen LogP contribution is -1.97. The van der Waals surface area contributed by atoms with Crippen molar-refractivity contribution in [3.63, 3.8) is 0 Å². The largest absolute Gasteiger partial charge is 0.478 e. The molecule has 0 radical (unpaired) electrons. The van der Waals surface area contributed by atoms with Crippen LogP contribution >= 0.6 is 0 Å². The fourth-order valence-electron chi connectivity index (χ4n) is 1.90. The summed E-state index contributed by atoms with van der Waals surface area (Å²) < 4.78 is 1.54. The Balaban J connectivity index is 2.53. The average molecular weight is 275 g/mol. The molecule has 0 unspecified atom stereocenters. The molecule has 1 heterocycles. The van der Waals surface area contributed by atoms with E-state index < -0.39 is 10.9 Å². The van der Waals surface area contributed by atoms with Crippen molar-refractivity contribution >= 4 is 11.7 Å². The van der Waals surface area contributed by atoms with Gasteiger partial charge in [-0.2, -0.15) is 5.10 Å². The number of aromatic nitrogens is 2. The van der Waals surface area contributed by atoms with E-state index in [9.17, 15) is 20.0 Å². The van der Waals surface area contributed by atoms with E-state index >= 15 is 0 Å². The molecule has 0 bridgehead atoms. The van der Waals surface area contributed by atoms with E-state index in [2.05, 4.69) is 5.10 Å². The molecule has 1 aromatic heterocycles. The predicted octanol–water partition coefficient (Wildman–Crippen LogP) is 2.57. The molecule has 0 aliphatic rings. The van der Waals surface area contributed by atoms with Crippen molar-refractivity contribution < 1.29 is 14.8 Å². The molecule has 2 rings (SSSR count). The van der Waals surface area contributed by atoms with Gasteiger partial charge in [-0.1, -0.05) is 19.1 Å². The topological polar surface area (TPSA) is 98.3 Å². The Hall–Kier alpha value is -2.70. The van der Waals surface area contributed by atoms with Crippen molar-refractivity contribution in [3.8, 4) is 11.3 Å². The highest BCUT2D eigenvalue weighted by molar-refractivity contribution is 5.94. The van der Waals surface area contributed by atoms with Crippen molar-refractivity contribution in [1.82, 2.24) is 9.78 Å². The number of hydrogen-bond donors (Lipinski definition) is 1. The average Bonchev–Trinajstić information content (AvgIpc) is 2.83. The fraction of sp³-hybridized carbons (Fsp3) is 0.231. The number of nitro groups is 1. The number of carbonyl (C=O) groups is 1. The quantitative estimate of drug-likeness (QED) is 0.667. The summed E-state index contributed by atoms with van der Waals surface area (Å²) in [6, 6.07) is 5.80. The summed E-state index contributed by atoms with van der Waals surface area (Å²) in [4.78, 5) is 21.5. The molecule has 7 heteroatoms. The molecular weight excluding hydrogens is 262 g/mol. The Morgan fingerprint density at radius 1 is 1.50 bits per heavy atom. The molecule has 0 aliphatic carbocycles. The smallest absolute Gasteiger partial charge is 0.339 e. The van der Waals surface area contributed by atoms with Gasteiger partial charge >= 0.3 is 5.97 Å². The fourth-order valence-corrected chi connectivity index (χ4v) is 1.90. The highest BCUT2D eigenvalue weighted by atomic mass is 16.6. The van der Waals surface area contributed by atoms with Crippen LogP contribution in [-0.2, 0) is 6.54 Å². The minimum atomic E-state index is -1.10. The molecule has 0 aliphatic heterocycles. The second kappa shape index (κ2) is 5.52. The number of rotatable bonds is 5. The van der Waals surface area contributed by atoms with Gasteiger partial charge in [0.25, 0.3) is 5.69 Å². The molecular formula is C13H13N3O4.